The second-order valence-electron chi connectivity index (χ2n) is 0.968. The Morgan fingerprint density at radius 1 is 2.00 bits per heavy atom. The van der Waals surface area contributed by atoms with E-state index in [9.17, 15) is 4.79 Å². The standard InChI is InChI=1S/C3H6N2O2/c4-3(6)1-2-5-7/h2,7H,1H2,(H2,4,6)/b5-2+. The molecule has 7 heavy (non-hydrogen) atoms. The topological polar surface area (TPSA) is 75.7 Å². The zero-order chi connectivity index (χ0) is 5.70. The van der Waals surface area contributed by atoms with E-state index in [0.29, 0.717) is 0 Å². The van der Waals surface area contributed by atoms with Crippen molar-refractivity contribution in [3.63, 3.8) is 0 Å². The lowest BCUT2D eigenvalue weighted by molar-refractivity contribution is -0.116. The lowest BCUT2D eigenvalue weighted by Crippen LogP contribution is -2.09. The Kier molecular flexibility index (Phi) is 2.67. The van der Waals surface area contributed by atoms with Crippen molar-refractivity contribution in [3.05, 3.63) is 0 Å². The van der Waals surface area contributed by atoms with E-state index in [-0.39, 0.29) is 6.42 Å². The van der Waals surface area contributed by atoms with Gasteiger partial charge in [0.2, 0.25) is 5.91 Å². The highest BCUT2D eigenvalue weighted by Gasteiger charge is 1.84. The van der Waals surface area contributed by atoms with Crippen molar-refractivity contribution in [3.8, 4) is 0 Å². The van der Waals surface area contributed by atoms with Gasteiger partial charge in [-0.05, 0) is 0 Å². The summed E-state index contributed by atoms with van der Waals surface area (Å²) in [5, 5.41) is 10.2. The van der Waals surface area contributed by atoms with Gasteiger partial charge in [0, 0.05) is 0 Å². The van der Waals surface area contributed by atoms with Crippen LogP contribution in [0.2, 0.25) is 0 Å². The van der Waals surface area contributed by atoms with Crippen LogP contribution < -0.4 is 5.73 Å². The van der Waals surface area contributed by atoms with Crippen LogP contribution in [0.1, 0.15) is 6.42 Å². The molecule has 0 bridgehead atoms. The minimum Gasteiger partial charge on any atom is -0.411 e. The number of hydrogen-bond acceptors (Lipinski definition) is 3. The molecule has 0 aromatic heterocycles. The minimum atomic E-state index is -0.502. The molecule has 0 aliphatic rings. The molecule has 0 spiro atoms. The number of primary amides is 1. The average Bonchev–Trinajstić information content (AvgIpc) is 1.61. The molecular formula is C3H6N2O2. The van der Waals surface area contributed by atoms with Gasteiger partial charge in [0.05, 0.1) is 12.6 Å². The molecule has 0 radical (unpaired) electrons. The van der Waals surface area contributed by atoms with Gasteiger partial charge >= 0.3 is 0 Å². The van der Waals surface area contributed by atoms with Crippen LogP contribution in [0.4, 0.5) is 0 Å². The van der Waals surface area contributed by atoms with Crippen LogP contribution in [-0.2, 0) is 4.79 Å². The Labute approximate surface area is 40.6 Å². The van der Waals surface area contributed by atoms with Crippen LogP contribution >= 0.6 is 0 Å². The Bertz CT molecular complexity index is 88.9. The predicted octanol–water partition coefficient (Wildman–Crippen LogP) is -0.678. The number of hydrogen-bond donors (Lipinski definition) is 2. The second-order valence-corrected chi connectivity index (χ2v) is 0.968. The monoisotopic (exact) mass is 102 g/mol. The number of carbonyl (C=O) groups is 1. The van der Waals surface area contributed by atoms with Gasteiger partial charge in [-0.1, -0.05) is 0 Å². The first-order valence-electron chi connectivity index (χ1n) is 1.71. The first-order chi connectivity index (χ1) is 3.27. The van der Waals surface area contributed by atoms with Crippen molar-refractivity contribution in [1.82, 2.24) is 0 Å². The molecule has 0 rings (SSSR count). The van der Waals surface area contributed by atoms with Gasteiger partial charge < -0.3 is 10.9 Å². The van der Waals surface area contributed by atoms with E-state index in [0.717, 1.165) is 6.21 Å². The van der Waals surface area contributed by atoms with Crippen molar-refractivity contribution in [1.29, 1.82) is 0 Å². The summed E-state index contributed by atoms with van der Waals surface area (Å²) in [5.74, 6) is -0.502. The summed E-state index contributed by atoms with van der Waals surface area (Å²) in [6, 6.07) is 0. The van der Waals surface area contributed by atoms with Crippen LogP contribution in [0.15, 0.2) is 5.16 Å². The summed E-state index contributed by atoms with van der Waals surface area (Å²) in [4.78, 5) is 9.78. The third-order valence-electron chi connectivity index (χ3n) is 0.374. The van der Waals surface area contributed by atoms with E-state index in [2.05, 4.69) is 10.9 Å². The molecule has 0 aromatic carbocycles. The van der Waals surface area contributed by atoms with Gasteiger partial charge in [-0.15, -0.1) is 5.16 Å². The van der Waals surface area contributed by atoms with Crippen LogP contribution in [0.25, 0.3) is 0 Å². The summed E-state index contributed by atoms with van der Waals surface area (Å²) >= 11 is 0. The van der Waals surface area contributed by atoms with E-state index in [1.54, 1.807) is 0 Å². The van der Waals surface area contributed by atoms with Crippen LogP contribution in [0.3, 0.4) is 0 Å². The van der Waals surface area contributed by atoms with Gasteiger partial charge in [0.25, 0.3) is 0 Å². The molecule has 40 valence electrons. The quantitative estimate of drug-likeness (QED) is 0.275. The van der Waals surface area contributed by atoms with Crippen molar-refractivity contribution in [2.24, 2.45) is 10.9 Å². The van der Waals surface area contributed by atoms with Gasteiger partial charge in [0.1, 0.15) is 0 Å². The van der Waals surface area contributed by atoms with E-state index >= 15 is 0 Å². The molecule has 0 saturated carbocycles. The van der Waals surface area contributed by atoms with Gasteiger partial charge in [-0.25, -0.2) is 0 Å². The summed E-state index contributed by atoms with van der Waals surface area (Å²) in [6.45, 7) is 0. The highest BCUT2D eigenvalue weighted by atomic mass is 16.4. The normalized spacial score (nSPS) is 9.71. The molecule has 0 atom stereocenters. The maximum Gasteiger partial charge on any atom is 0.222 e. The summed E-state index contributed by atoms with van der Waals surface area (Å²) in [7, 11) is 0. The zero-order valence-electron chi connectivity index (χ0n) is 3.66. The summed E-state index contributed by atoms with van der Waals surface area (Å²) in [6.07, 6.45) is 1.03. The highest BCUT2D eigenvalue weighted by molar-refractivity contribution is 5.88. The van der Waals surface area contributed by atoms with Crippen molar-refractivity contribution < 1.29 is 10.0 Å². The second kappa shape index (κ2) is 3.14. The lowest BCUT2D eigenvalue weighted by atomic mass is 10.5. The molecule has 4 nitrogen and oxygen atoms in total. The fourth-order valence-electron chi connectivity index (χ4n) is 0.131. The molecule has 0 aromatic rings. The first-order valence-corrected chi connectivity index (χ1v) is 1.71. The third-order valence-corrected chi connectivity index (χ3v) is 0.374. The first kappa shape index (κ1) is 5.94. The molecule has 3 N–H and O–H groups in total. The van der Waals surface area contributed by atoms with Gasteiger partial charge in [-0.3, -0.25) is 4.79 Å². The van der Waals surface area contributed by atoms with Crippen molar-refractivity contribution in [2.75, 3.05) is 0 Å². The predicted molar refractivity (Wildman–Crippen MR) is 24.1 cm³/mol. The number of oxime groups is 1. The largest absolute Gasteiger partial charge is 0.411 e. The maximum absolute atomic E-state index is 9.78. The lowest BCUT2D eigenvalue weighted by Gasteiger charge is -1.77. The van der Waals surface area contributed by atoms with Crippen LogP contribution in [0.5, 0.6) is 0 Å². The maximum atomic E-state index is 9.78. The SMILES string of the molecule is NC(=O)C/C=N/O. The Hall–Kier alpha value is -1.06. The molecule has 0 fully saturated rings. The fraction of sp³-hybridized carbons (Fsp3) is 0.333. The number of amides is 1. The van der Waals surface area contributed by atoms with Gasteiger partial charge in [0.15, 0.2) is 0 Å². The van der Waals surface area contributed by atoms with Crippen LogP contribution in [0, 0.1) is 0 Å². The highest BCUT2D eigenvalue weighted by Crippen LogP contribution is 1.65. The summed E-state index contributed by atoms with van der Waals surface area (Å²) in [5.41, 5.74) is 4.64. The van der Waals surface area contributed by atoms with Gasteiger partial charge in [-0.2, -0.15) is 0 Å². The minimum absolute atomic E-state index is 0.00347. The molecular weight excluding hydrogens is 96.0 g/mol. The number of carbonyl (C=O) groups excluding carboxylic acids is 1. The Morgan fingerprint density at radius 2 is 2.57 bits per heavy atom. The number of nitrogens with zero attached hydrogens (tertiary/aromatic N) is 1. The smallest absolute Gasteiger partial charge is 0.222 e. The number of rotatable bonds is 2. The van der Waals surface area contributed by atoms with Crippen LogP contribution in [-0.4, -0.2) is 17.3 Å². The van der Waals surface area contributed by atoms with Crippen molar-refractivity contribution in [2.45, 2.75) is 6.42 Å². The molecule has 0 saturated heterocycles. The summed E-state index contributed by atoms with van der Waals surface area (Å²) < 4.78 is 0. The average molecular weight is 102 g/mol. The Balaban J connectivity index is 3.14. The third kappa shape index (κ3) is 4.94. The molecule has 1 amide bonds. The molecule has 0 aliphatic heterocycles. The molecule has 0 aliphatic carbocycles. The fourth-order valence-corrected chi connectivity index (χ4v) is 0.131. The van der Waals surface area contributed by atoms with Crippen molar-refractivity contribution >= 4 is 12.1 Å². The molecule has 0 unspecified atom stereocenters. The van der Waals surface area contributed by atoms with E-state index in [1.165, 1.54) is 0 Å². The number of nitrogens with two attached hydrogens (primary N) is 1. The molecule has 0 heterocycles. The Morgan fingerprint density at radius 3 is 2.71 bits per heavy atom. The van der Waals surface area contributed by atoms with E-state index in [1.807, 2.05) is 0 Å². The molecule has 4 heteroatoms. The zero-order valence-corrected chi connectivity index (χ0v) is 3.66. The van der Waals surface area contributed by atoms with E-state index in [4.69, 9.17) is 5.21 Å². The van der Waals surface area contributed by atoms with E-state index < -0.39 is 5.91 Å².